The second kappa shape index (κ2) is 8.24. The first kappa shape index (κ1) is 20.0. The molecule has 0 fully saturated rings. The van der Waals surface area contributed by atoms with E-state index in [4.69, 9.17) is 26.8 Å². The Bertz CT molecular complexity index is 1150. The highest BCUT2D eigenvalue weighted by Gasteiger charge is 2.30. The molecule has 0 saturated carbocycles. The molecule has 0 aromatic heterocycles. The lowest BCUT2D eigenvalue weighted by molar-refractivity contribution is -0.120. The lowest BCUT2D eigenvalue weighted by Crippen LogP contribution is -2.24. The topological polar surface area (TPSA) is 90.7 Å². The summed E-state index contributed by atoms with van der Waals surface area (Å²) in [5.74, 6) is -0.140. The van der Waals surface area contributed by atoms with E-state index in [0.717, 1.165) is 27.6 Å². The number of ether oxygens (including phenoxy) is 2. The first-order valence-corrected chi connectivity index (χ1v) is 10.0. The van der Waals surface area contributed by atoms with Crippen LogP contribution >= 0.6 is 11.6 Å². The molecule has 3 aromatic rings. The number of halogens is 1. The van der Waals surface area contributed by atoms with E-state index in [1.165, 1.54) is 0 Å². The van der Waals surface area contributed by atoms with E-state index in [2.05, 4.69) is 5.32 Å². The number of carbonyl (C=O) groups excluding carboxylic acids is 2. The van der Waals surface area contributed by atoms with Crippen molar-refractivity contribution >= 4 is 39.9 Å². The molecule has 1 aliphatic heterocycles. The van der Waals surface area contributed by atoms with Gasteiger partial charge in [0.15, 0.2) is 18.1 Å². The predicted octanol–water partition coefficient (Wildman–Crippen LogP) is 4.23. The molecule has 3 N–H and O–H groups in total. The molecule has 1 aliphatic rings. The van der Waals surface area contributed by atoms with E-state index < -0.39 is 5.91 Å². The van der Waals surface area contributed by atoms with Crippen molar-refractivity contribution in [3.05, 3.63) is 64.7 Å². The van der Waals surface area contributed by atoms with Crippen LogP contribution in [-0.2, 0) is 9.59 Å². The molecular formula is C23H21ClN2O4. The highest BCUT2D eigenvalue weighted by molar-refractivity contribution is 6.31. The number of benzene rings is 3. The Kier molecular flexibility index (Phi) is 5.50. The van der Waals surface area contributed by atoms with Gasteiger partial charge in [-0.1, -0.05) is 41.9 Å². The lowest BCUT2D eigenvalue weighted by Gasteiger charge is -2.29. The van der Waals surface area contributed by atoms with E-state index >= 15 is 0 Å². The summed E-state index contributed by atoms with van der Waals surface area (Å²) in [6, 6.07) is 15.4. The third-order valence-corrected chi connectivity index (χ3v) is 5.42. The molecule has 7 heteroatoms. The molecule has 0 saturated heterocycles. The van der Waals surface area contributed by atoms with Crippen molar-refractivity contribution < 1.29 is 19.1 Å². The predicted molar refractivity (Wildman–Crippen MR) is 116 cm³/mol. The maximum atomic E-state index is 12.5. The average molecular weight is 425 g/mol. The van der Waals surface area contributed by atoms with Gasteiger partial charge >= 0.3 is 0 Å². The van der Waals surface area contributed by atoms with Crippen LogP contribution in [0.4, 0.5) is 5.69 Å². The standard InChI is InChI=1S/C23H21ClN2O4/c1-2-29-19-9-15(17(24)11-20(19)30-12-21(25)27)16-10-22(28)26-18-8-7-13-5-3-4-6-14(13)23(16)18/h3-9,11,16H,2,10,12H2,1H3,(H2,25,27)(H,26,28)/t16-/m1/s1. The van der Waals surface area contributed by atoms with Gasteiger partial charge in [0.05, 0.1) is 6.61 Å². The molecule has 0 spiro atoms. The molecule has 30 heavy (non-hydrogen) atoms. The fourth-order valence-corrected chi connectivity index (χ4v) is 4.17. The van der Waals surface area contributed by atoms with Crippen LogP contribution in [0.3, 0.4) is 0 Å². The van der Waals surface area contributed by atoms with Crippen LogP contribution in [0.2, 0.25) is 5.02 Å². The minimum absolute atomic E-state index is 0.0779. The summed E-state index contributed by atoms with van der Waals surface area (Å²) in [7, 11) is 0. The van der Waals surface area contributed by atoms with Gasteiger partial charge in [-0.05, 0) is 41.0 Å². The van der Waals surface area contributed by atoms with E-state index in [1.54, 1.807) is 12.1 Å². The van der Waals surface area contributed by atoms with Crippen molar-refractivity contribution in [1.82, 2.24) is 0 Å². The van der Waals surface area contributed by atoms with Gasteiger partial charge in [-0.3, -0.25) is 9.59 Å². The van der Waals surface area contributed by atoms with Crippen LogP contribution in [0, 0.1) is 0 Å². The van der Waals surface area contributed by atoms with E-state index in [9.17, 15) is 9.59 Å². The van der Waals surface area contributed by atoms with Crippen LogP contribution < -0.4 is 20.5 Å². The lowest BCUT2D eigenvalue weighted by atomic mass is 9.82. The molecule has 0 radical (unpaired) electrons. The van der Waals surface area contributed by atoms with Crippen LogP contribution in [0.25, 0.3) is 10.8 Å². The SMILES string of the molecule is CCOc1cc([C@H]2CC(=O)Nc3ccc4ccccc4c32)c(Cl)cc1OCC(N)=O. The van der Waals surface area contributed by atoms with Crippen LogP contribution in [-0.4, -0.2) is 25.0 Å². The number of nitrogens with two attached hydrogens (primary N) is 1. The monoisotopic (exact) mass is 424 g/mol. The molecule has 1 heterocycles. The third-order valence-electron chi connectivity index (χ3n) is 5.09. The first-order valence-electron chi connectivity index (χ1n) is 9.66. The molecule has 0 bridgehead atoms. The number of fused-ring (bicyclic) bond motifs is 3. The van der Waals surface area contributed by atoms with Crippen LogP contribution in [0.1, 0.15) is 30.4 Å². The Morgan fingerprint density at radius 2 is 1.93 bits per heavy atom. The Morgan fingerprint density at radius 1 is 1.17 bits per heavy atom. The quantitative estimate of drug-likeness (QED) is 0.619. The molecular weight excluding hydrogens is 404 g/mol. The van der Waals surface area contributed by atoms with Crippen LogP contribution in [0.15, 0.2) is 48.5 Å². The normalized spacial score (nSPS) is 15.4. The Labute approximate surface area is 178 Å². The van der Waals surface area contributed by atoms with Gasteiger partial charge in [0.2, 0.25) is 5.91 Å². The van der Waals surface area contributed by atoms with E-state index in [1.807, 2.05) is 43.3 Å². The number of hydrogen-bond donors (Lipinski definition) is 2. The van der Waals surface area contributed by atoms with E-state index in [-0.39, 0.29) is 24.9 Å². The molecule has 0 unspecified atom stereocenters. The molecule has 1 atom stereocenters. The fourth-order valence-electron chi connectivity index (χ4n) is 3.88. The van der Waals surface area contributed by atoms with Crippen LogP contribution in [0.5, 0.6) is 11.5 Å². The zero-order valence-corrected chi connectivity index (χ0v) is 17.2. The van der Waals surface area contributed by atoms with Crippen molar-refractivity contribution in [3.8, 4) is 11.5 Å². The minimum Gasteiger partial charge on any atom is -0.490 e. The summed E-state index contributed by atoms with van der Waals surface area (Å²) >= 11 is 6.63. The molecule has 4 rings (SSSR count). The maximum absolute atomic E-state index is 12.5. The number of hydrogen-bond acceptors (Lipinski definition) is 4. The third kappa shape index (κ3) is 3.78. The summed E-state index contributed by atoms with van der Waals surface area (Å²) in [5, 5.41) is 5.53. The first-order chi connectivity index (χ1) is 14.5. The number of amides is 2. The number of primary amides is 1. The summed E-state index contributed by atoms with van der Waals surface area (Å²) in [6.45, 7) is 1.97. The smallest absolute Gasteiger partial charge is 0.255 e. The largest absolute Gasteiger partial charge is 0.490 e. The number of nitrogens with one attached hydrogen (secondary N) is 1. The Morgan fingerprint density at radius 3 is 2.70 bits per heavy atom. The van der Waals surface area contributed by atoms with E-state index in [0.29, 0.717) is 23.1 Å². The Hall–Kier alpha value is -3.25. The number of anilines is 1. The van der Waals surface area contributed by atoms with Gasteiger partial charge in [-0.2, -0.15) is 0 Å². The van der Waals surface area contributed by atoms with Crippen molar-refractivity contribution in [2.45, 2.75) is 19.3 Å². The summed E-state index contributed by atoms with van der Waals surface area (Å²) in [6.07, 6.45) is 0.258. The second-order valence-electron chi connectivity index (χ2n) is 7.06. The highest BCUT2D eigenvalue weighted by atomic mass is 35.5. The van der Waals surface area contributed by atoms with Gasteiger partial charge in [-0.15, -0.1) is 0 Å². The zero-order chi connectivity index (χ0) is 21.3. The molecule has 3 aromatic carbocycles. The molecule has 0 aliphatic carbocycles. The molecule has 2 amide bonds. The Balaban J connectivity index is 1.86. The van der Waals surface area contributed by atoms with Gasteiger partial charge < -0.3 is 20.5 Å². The maximum Gasteiger partial charge on any atom is 0.255 e. The van der Waals surface area contributed by atoms with Crippen molar-refractivity contribution in [1.29, 1.82) is 0 Å². The molecule has 6 nitrogen and oxygen atoms in total. The van der Waals surface area contributed by atoms with Gasteiger partial charge in [0, 0.05) is 29.1 Å². The fraction of sp³-hybridized carbons (Fsp3) is 0.217. The second-order valence-corrected chi connectivity index (χ2v) is 7.47. The number of carbonyl (C=O) groups is 2. The van der Waals surface area contributed by atoms with Crippen molar-refractivity contribution in [2.75, 3.05) is 18.5 Å². The number of rotatable bonds is 6. The zero-order valence-electron chi connectivity index (χ0n) is 16.4. The van der Waals surface area contributed by atoms with Crippen molar-refractivity contribution in [2.24, 2.45) is 5.73 Å². The van der Waals surface area contributed by atoms with Gasteiger partial charge in [-0.25, -0.2) is 0 Å². The van der Waals surface area contributed by atoms with Gasteiger partial charge in [0.1, 0.15) is 0 Å². The van der Waals surface area contributed by atoms with Crippen molar-refractivity contribution in [3.63, 3.8) is 0 Å². The average Bonchev–Trinajstić information content (AvgIpc) is 2.72. The summed E-state index contributed by atoms with van der Waals surface area (Å²) < 4.78 is 11.2. The highest BCUT2D eigenvalue weighted by Crippen LogP contribution is 2.46. The summed E-state index contributed by atoms with van der Waals surface area (Å²) in [5.41, 5.74) is 7.74. The molecule has 154 valence electrons. The van der Waals surface area contributed by atoms with Gasteiger partial charge in [0.25, 0.3) is 5.91 Å². The minimum atomic E-state index is -0.595. The summed E-state index contributed by atoms with van der Waals surface area (Å²) in [4.78, 5) is 23.6.